The second-order valence-electron chi connectivity index (χ2n) is 5.73. The number of hydrogen-bond donors (Lipinski definition) is 1. The van der Waals surface area contributed by atoms with E-state index in [9.17, 15) is 4.79 Å². The van der Waals surface area contributed by atoms with E-state index in [2.05, 4.69) is 47.8 Å². The van der Waals surface area contributed by atoms with Crippen LogP contribution >= 0.6 is 0 Å². The van der Waals surface area contributed by atoms with E-state index >= 15 is 0 Å². The largest absolute Gasteiger partial charge is 0.353 e. The van der Waals surface area contributed by atoms with Crippen LogP contribution in [0.4, 0.5) is 0 Å². The molecule has 0 bridgehead atoms. The first-order chi connectivity index (χ1) is 9.81. The maximum absolute atomic E-state index is 11.6. The summed E-state index contributed by atoms with van der Waals surface area (Å²) in [7, 11) is 0. The van der Waals surface area contributed by atoms with Gasteiger partial charge in [0.05, 0.1) is 0 Å². The molecule has 1 saturated carbocycles. The van der Waals surface area contributed by atoms with Gasteiger partial charge in [0.25, 0.3) is 0 Å². The number of carbonyl (C=O) groups is 1. The second-order valence-corrected chi connectivity index (χ2v) is 5.73. The zero-order valence-corrected chi connectivity index (χ0v) is 11.8. The molecule has 1 N–H and O–H groups in total. The van der Waals surface area contributed by atoms with Gasteiger partial charge in [-0.1, -0.05) is 42.5 Å². The summed E-state index contributed by atoms with van der Waals surface area (Å²) >= 11 is 0. The molecule has 1 fully saturated rings. The van der Waals surface area contributed by atoms with Crippen molar-refractivity contribution in [3.8, 4) is 0 Å². The summed E-state index contributed by atoms with van der Waals surface area (Å²) in [6.45, 7) is 0. The van der Waals surface area contributed by atoms with Crippen LogP contribution in [0.2, 0.25) is 0 Å². The number of unbranched alkanes of at least 4 members (excludes halogenated alkanes) is 1. The van der Waals surface area contributed by atoms with Gasteiger partial charge in [-0.15, -0.1) is 0 Å². The van der Waals surface area contributed by atoms with Gasteiger partial charge in [0.1, 0.15) is 0 Å². The van der Waals surface area contributed by atoms with Gasteiger partial charge in [-0.2, -0.15) is 0 Å². The van der Waals surface area contributed by atoms with Gasteiger partial charge in [0.15, 0.2) is 0 Å². The lowest BCUT2D eigenvalue weighted by Gasteiger charge is -2.05. The van der Waals surface area contributed by atoms with Crippen LogP contribution in [-0.2, 0) is 11.2 Å². The molecule has 0 aromatic heterocycles. The van der Waals surface area contributed by atoms with E-state index in [0.29, 0.717) is 12.5 Å². The van der Waals surface area contributed by atoms with Crippen LogP contribution in [0.1, 0.15) is 37.7 Å². The summed E-state index contributed by atoms with van der Waals surface area (Å²) < 4.78 is 0. The lowest BCUT2D eigenvalue weighted by Crippen LogP contribution is -2.24. The fraction of sp³-hybridized carbons (Fsp3) is 0.389. The molecule has 0 saturated heterocycles. The van der Waals surface area contributed by atoms with Gasteiger partial charge in [-0.05, 0) is 48.4 Å². The molecular weight excluding hydrogens is 246 g/mol. The van der Waals surface area contributed by atoms with Crippen molar-refractivity contribution >= 4 is 16.7 Å². The quantitative estimate of drug-likeness (QED) is 0.792. The molecular formula is C18H21NO. The van der Waals surface area contributed by atoms with Crippen LogP contribution in [0, 0.1) is 0 Å². The number of hydrogen-bond acceptors (Lipinski definition) is 1. The molecule has 1 aliphatic rings. The third-order valence-corrected chi connectivity index (χ3v) is 3.88. The second kappa shape index (κ2) is 6.08. The standard InChI is InChI=1S/C18H21NO/c20-18(19-17-11-12-17)8-4-1-5-14-9-10-15-6-2-3-7-16(15)13-14/h2-3,6-7,9-10,13,17H,1,4-5,8,11-12H2,(H,19,20). The zero-order valence-electron chi connectivity index (χ0n) is 11.8. The van der Waals surface area contributed by atoms with E-state index in [4.69, 9.17) is 0 Å². The third kappa shape index (κ3) is 3.60. The number of aryl methyl sites for hydroxylation is 1. The molecule has 1 aliphatic carbocycles. The first kappa shape index (κ1) is 13.2. The molecule has 20 heavy (non-hydrogen) atoms. The maximum atomic E-state index is 11.6. The van der Waals surface area contributed by atoms with Crippen molar-refractivity contribution in [2.75, 3.05) is 0 Å². The highest BCUT2D eigenvalue weighted by Gasteiger charge is 2.22. The lowest BCUT2D eigenvalue weighted by molar-refractivity contribution is -0.121. The highest BCUT2D eigenvalue weighted by Crippen LogP contribution is 2.19. The van der Waals surface area contributed by atoms with Crippen molar-refractivity contribution in [2.45, 2.75) is 44.6 Å². The Morgan fingerprint density at radius 2 is 1.85 bits per heavy atom. The maximum Gasteiger partial charge on any atom is 0.220 e. The Labute approximate surface area is 120 Å². The van der Waals surface area contributed by atoms with E-state index < -0.39 is 0 Å². The predicted molar refractivity (Wildman–Crippen MR) is 82.7 cm³/mol. The van der Waals surface area contributed by atoms with E-state index in [0.717, 1.165) is 19.3 Å². The molecule has 0 aliphatic heterocycles. The van der Waals surface area contributed by atoms with E-state index in [1.807, 2.05) is 0 Å². The molecule has 1 amide bonds. The molecule has 2 nitrogen and oxygen atoms in total. The molecule has 0 spiro atoms. The fourth-order valence-electron chi connectivity index (χ4n) is 2.54. The van der Waals surface area contributed by atoms with Gasteiger partial charge < -0.3 is 5.32 Å². The van der Waals surface area contributed by atoms with Crippen molar-refractivity contribution in [3.63, 3.8) is 0 Å². The Morgan fingerprint density at radius 3 is 2.65 bits per heavy atom. The molecule has 3 rings (SSSR count). The minimum atomic E-state index is 0.228. The van der Waals surface area contributed by atoms with Crippen molar-refractivity contribution < 1.29 is 4.79 Å². The molecule has 2 aromatic carbocycles. The Morgan fingerprint density at radius 1 is 1.05 bits per heavy atom. The molecule has 104 valence electrons. The Hall–Kier alpha value is -1.83. The van der Waals surface area contributed by atoms with Crippen LogP contribution < -0.4 is 5.32 Å². The molecule has 0 heterocycles. The van der Waals surface area contributed by atoms with Crippen LogP contribution in [0.25, 0.3) is 10.8 Å². The summed E-state index contributed by atoms with van der Waals surface area (Å²) in [6, 6.07) is 15.6. The van der Waals surface area contributed by atoms with Crippen molar-refractivity contribution in [1.29, 1.82) is 0 Å². The highest BCUT2D eigenvalue weighted by molar-refractivity contribution is 5.83. The fourth-order valence-corrected chi connectivity index (χ4v) is 2.54. The first-order valence-electron chi connectivity index (χ1n) is 7.58. The molecule has 0 radical (unpaired) electrons. The van der Waals surface area contributed by atoms with Gasteiger partial charge in [0.2, 0.25) is 5.91 Å². The Kier molecular flexibility index (Phi) is 4.00. The minimum Gasteiger partial charge on any atom is -0.353 e. The average molecular weight is 267 g/mol. The van der Waals surface area contributed by atoms with Crippen LogP contribution in [0.5, 0.6) is 0 Å². The SMILES string of the molecule is O=C(CCCCc1ccc2ccccc2c1)NC1CC1. The summed E-state index contributed by atoms with van der Waals surface area (Å²) in [5, 5.41) is 5.63. The van der Waals surface area contributed by atoms with Crippen LogP contribution in [0.3, 0.4) is 0 Å². The average Bonchev–Trinajstić information content (AvgIpc) is 3.27. The lowest BCUT2D eigenvalue weighted by atomic mass is 10.0. The molecule has 2 heteroatoms. The van der Waals surface area contributed by atoms with Gasteiger partial charge >= 0.3 is 0 Å². The summed E-state index contributed by atoms with van der Waals surface area (Å²) in [6.07, 6.45) is 6.12. The third-order valence-electron chi connectivity index (χ3n) is 3.88. The summed E-state index contributed by atoms with van der Waals surface area (Å²) in [5.41, 5.74) is 1.37. The summed E-state index contributed by atoms with van der Waals surface area (Å²) in [5.74, 6) is 0.228. The monoisotopic (exact) mass is 267 g/mol. The van der Waals surface area contributed by atoms with Gasteiger partial charge in [-0.3, -0.25) is 4.79 Å². The van der Waals surface area contributed by atoms with Crippen LogP contribution in [0.15, 0.2) is 42.5 Å². The number of nitrogens with one attached hydrogen (secondary N) is 1. The Balaban J connectivity index is 1.45. The number of amides is 1. The first-order valence-corrected chi connectivity index (χ1v) is 7.58. The topological polar surface area (TPSA) is 29.1 Å². The van der Waals surface area contributed by atoms with Gasteiger partial charge in [-0.25, -0.2) is 0 Å². The van der Waals surface area contributed by atoms with E-state index in [-0.39, 0.29) is 5.91 Å². The number of carbonyl (C=O) groups excluding carboxylic acids is 1. The van der Waals surface area contributed by atoms with Gasteiger partial charge in [0, 0.05) is 12.5 Å². The number of rotatable bonds is 6. The molecule has 0 unspecified atom stereocenters. The van der Waals surface area contributed by atoms with Crippen molar-refractivity contribution in [2.24, 2.45) is 0 Å². The smallest absolute Gasteiger partial charge is 0.220 e. The van der Waals surface area contributed by atoms with Crippen LogP contribution in [-0.4, -0.2) is 11.9 Å². The van der Waals surface area contributed by atoms with E-state index in [1.165, 1.54) is 29.2 Å². The van der Waals surface area contributed by atoms with Crippen molar-refractivity contribution in [1.82, 2.24) is 5.32 Å². The predicted octanol–water partition coefficient (Wildman–Crippen LogP) is 3.83. The number of benzene rings is 2. The molecule has 0 atom stereocenters. The molecule has 2 aromatic rings. The van der Waals surface area contributed by atoms with E-state index in [1.54, 1.807) is 0 Å². The number of fused-ring (bicyclic) bond motifs is 1. The minimum absolute atomic E-state index is 0.228. The highest BCUT2D eigenvalue weighted by atomic mass is 16.1. The Bertz CT molecular complexity index is 601. The zero-order chi connectivity index (χ0) is 13.8. The normalized spacial score (nSPS) is 14.4. The van der Waals surface area contributed by atoms with Crippen molar-refractivity contribution in [3.05, 3.63) is 48.0 Å². The summed E-state index contributed by atoms with van der Waals surface area (Å²) in [4.78, 5) is 11.6.